The van der Waals surface area contributed by atoms with Gasteiger partial charge in [0.25, 0.3) is 0 Å². The van der Waals surface area contributed by atoms with Crippen molar-refractivity contribution in [3.63, 3.8) is 0 Å². The molecule has 4 heavy (non-hydrogen) atoms. The first-order valence-electron chi connectivity index (χ1n) is 0. The van der Waals surface area contributed by atoms with E-state index in [0.717, 1.165) is 0 Å². The Bertz CT molecular complexity index is 0. The SMILES string of the molecule is [Ca+2].[Ca+2].[Ca+2].[Ca+2]. The Kier molecular flexibility index (Phi) is 90.2. The van der Waals surface area contributed by atoms with Crippen LogP contribution in [0.25, 0.3) is 0 Å². The van der Waals surface area contributed by atoms with E-state index in [0.29, 0.717) is 0 Å². The Labute approximate surface area is 146 Å². The molecule has 0 bridgehead atoms. The minimum Gasteiger partial charge on any atom is 2.00 e. The van der Waals surface area contributed by atoms with Gasteiger partial charge in [0.15, 0.2) is 0 Å². The van der Waals surface area contributed by atoms with Crippen molar-refractivity contribution < 1.29 is 0 Å². The Morgan fingerprint density at radius 2 is 0.250 bits per heavy atom. The number of hydrogen-bond acceptors (Lipinski definition) is 0. The molecular formula is Ca4+8. The third-order valence-electron chi connectivity index (χ3n) is 0. The summed E-state index contributed by atoms with van der Waals surface area (Å²) in [5.41, 5.74) is 0. The summed E-state index contributed by atoms with van der Waals surface area (Å²) in [5.74, 6) is 0. The van der Waals surface area contributed by atoms with E-state index >= 15 is 0 Å². The first kappa shape index (κ1) is 23.0. The minimum atomic E-state index is 0. The molecule has 0 saturated heterocycles. The second kappa shape index (κ2) is 15.7. The van der Waals surface area contributed by atoms with E-state index in [1.807, 2.05) is 0 Å². The van der Waals surface area contributed by atoms with Gasteiger partial charge < -0.3 is 0 Å². The molecule has 0 aliphatic carbocycles. The van der Waals surface area contributed by atoms with Crippen molar-refractivity contribution >= 4 is 151 Å². The predicted octanol–water partition coefficient (Wildman–Crippen LogP) is -1.52. The summed E-state index contributed by atoms with van der Waals surface area (Å²) in [5, 5.41) is 0. The van der Waals surface area contributed by atoms with Crippen LogP contribution in [0.4, 0.5) is 0 Å². The van der Waals surface area contributed by atoms with Crippen molar-refractivity contribution in [1.29, 1.82) is 0 Å². The molecule has 0 valence electrons. The fraction of sp³-hybridized carbons (Fsp3) is 0. The third-order valence-corrected chi connectivity index (χ3v) is 0. The Morgan fingerprint density at radius 3 is 0.250 bits per heavy atom. The quantitative estimate of drug-likeness (QED) is 0.378. The molecule has 0 saturated carbocycles. The van der Waals surface area contributed by atoms with Crippen molar-refractivity contribution in [3.05, 3.63) is 0 Å². The van der Waals surface area contributed by atoms with Crippen molar-refractivity contribution in [2.45, 2.75) is 0 Å². The van der Waals surface area contributed by atoms with Gasteiger partial charge in [-0.15, -0.1) is 0 Å². The van der Waals surface area contributed by atoms with Gasteiger partial charge in [0.05, 0.1) is 0 Å². The topological polar surface area (TPSA) is 0 Å². The van der Waals surface area contributed by atoms with Crippen LogP contribution in [0.2, 0.25) is 0 Å². The van der Waals surface area contributed by atoms with E-state index in [9.17, 15) is 0 Å². The van der Waals surface area contributed by atoms with Crippen molar-refractivity contribution in [2.24, 2.45) is 0 Å². The normalized spacial score (nSPS) is 0. The molecule has 0 unspecified atom stereocenters. The zero-order chi connectivity index (χ0) is 0. The smallest absolute Gasteiger partial charge is 2.00 e. The molecule has 0 aliphatic rings. The largest absolute Gasteiger partial charge is 2.00 e. The molecule has 0 rings (SSSR count). The van der Waals surface area contributed by atoms with Gasteiger partial charge in [0.2, 0.25) is 0 Å². The van der Waals surface area contributed by atoms with Crippen molar-refractivity contribution in [1.82, 2.24) is 0 Å². The fourth-order valence-corrected chi connectivity index (χ4v) is 0. The van der Waals surface area contributed by atoms with Crippen LogP contribution in [0.3, 0.4) is 0 Å². The van der Waals surface area contributed by atoms with Crippen molar-refractivity contribution in [3.8, 4) is 0 Å². The molecule has 0 nitrogen and oxygen atoms in total. The molecule has 0 aliphatic heterocycles. The second-order valence-corrected chi connectivity index (χ2v) is 0. The van der Waals surface area contributed by atoms with Crippen molar-refractivity contribution in [2.75, 3.05) is 0 Å². The zero-order valence-electron chi connectivity index (χ0n) is 2.83. The van der Waals surface area contributed by atoms with E-state index in [4.69, 9.17) is 0 Å². The fourth-order valence-electron chi connectivity index (χ4n) is 0. The molecule has 0 aromatic carbocycles. The van der Waals surface area contributed by atoms with Crippen LogP contribution >= 0.6 is 0 Å². The summed E-state index contributed by atoms with van der Waals surface area (Å²) in [7, 11) is 0. The van der Waals surface area contributed by atoms with Gasteiger partial charge in [-0.25, -0.2) is 0 Å². The summed E-state index contributed by atoms with van der Waals surface area (Å²) >= 11 is 0. The van der Waals surface area contributed by atoms with Crippen LogP contribution in [0.1, 0.15) is 0 Å². The summed E-state index contributed by atoms with van der Waals surface area (Å²) in [6.45, 7) is 0. The van der Waals surface area contributed by atoms with Gasteiger partial charge >= 0.3 is 151 Å². The van der Waals surface area contributed by atoms with Crippen LogP contribution < -0.4 is 0 Å². The molecule has 0 N–H and O–H groups in total. The van der Waals surface area contributed by atoms with Gasteiger partial charge in [0.1, 0.15) is 0 Å². The molecule has 0 amide bonds. The van der Waals surface area contributed by atoms with Crippen LogP contribution in [-0.4, -0.2) is 151 Å². The molecule has 0 aromatic heterocycles. The van der Waals surface area contributed by atoms with E-state index in [1.165, 1.54) is 0 Å². The van der Waals surface area contributed by atoms with Gasteiger partial charge in [0, 0.05) is 0 Å². The summed E-state index contributed by atoms with van der Waals surface area (Å²) < 4.78 is 0. The van der Waals surface area contributed by atoms with Crippen LogP contribution in [0.5, 0.6) is 0 Å². The monoisotopic (exact) mass is 160 g/mol. The Hall–Kier alpha value is 5.04. The molecule has 0 atom stereocenters. The van der Waals surface area contributed by atoms with Gasteiger partial charge in [-0.3, -0.25) is 0 Å². The average Bonchev–Trinajstić information content (AvgIpc) is 0. The maximum absolute atomic E-state index is 0. The minimum absolute atomic E-state index is 0. The van der Waals surface area contributed by atoms with Crippen LogP contribution in [0, 0.1) is 0 Å². The maximum atomic E-state index is 0. The molecule has 0 aromatic rings. The molecule has 0 fully saturated rings. The zero-order valence-corrected chi connectivity index (χ0v) is 11.7. The van der Waals surface area contributed by atoms with E-state index in [2.05, 4.69) is 0 Å². The molecule has 4 heteroatoms. The first-order chi connectivity index (χ1) is 0. The maximum Gasteiger partial charge on any atom is 2.00 e. The first-order valence-corrected chi connectivity index (χ1v) is 0. The van der Waals surface area contributed by atoms with E-state index < -0.39 is 0 Å². The molecular weight excluding hydrogens is 160 g/mol. The molecule has 0 radical (unpaired) electrons. The second-order valence-electron chi connectivity index (χ2n) is 0. The predicted molar refractivity (Wildman–Crippen MR) is 23.0 cm³/mol. The Balaban J connectivity index is 0. The average molecular weight is 160 g/mol. The summed E-state index contributed by atoms with van der Waals surface area (Å²) in [4.78, 5) is 0. The molecule has 0 spiro atoms. The summed E-state index contributed by atoms with van der Waals surface area (Å²) in [6, 6.07) is 0. The van der Waals surface area contributed by atoms with Gasteiger partial charge in [-0.2, -0.15) is 0 Å². The summed E-state index contributed by atoms with van der Waals surface area (Å²) in [6.07, 6.45) is 0. The van der Waals surface area contributed by atoms with E-state index in [-0.39, 0.29) is 151 Å². The number of hydrogen-bond donors (Lipinski definition) is 0. The number of rotatable bonds is 0. The van der Waals surface area contributed by atoms with Gasteiger partial charge in [-0.1, -0.05) is 0 Å². The standard InChI is InChI=1S/4Ca/q4*+2. The van der Waals surface area contributed by atoms with E-state index in [1.54, 1.807) is 0 Å². The van der Waals surface area contributed by atoms with Crippen LogP contribution in [0.15, 0.2) is 0 Å². The Morgan fingerprint density at radius 1 is 0.250 bits per heavy atom. The molecule has 0 heterocycles. The van der Waals surface area contributed by atoms with Gasteiger partial charge in [-0.05, 0) is 0 Å². The van der Waals surface area contributed by atoms with Crippen LogP contribution in [-0.2, 0) is 0 Å². The third kappa shape index (κ3) is 10.1.